The van der Waals surface area contributed by atoms with E-state index in [1.807, 2.05) is 49.9 Å². The van der Waals surface area contributed by atoms with Crippen molar-refractivity contribution >= 4 is 35.1 Å². The first-order valence-electron chi connectivity index (χ1n) is 18.7. The fraction of sp³-hybridized carbons (Fsp3) is 0.463. The number of ether oxygens (including phenoxy) is 1. The second-order valence-electron chi connectivity index (χ2n) is 14.9. The topological polar surface area (TPSA) is 149 Å². The Morgan fingerprint density at radius 1 is 0.774 bits per heavy atom. The zero-order chi connectivity index (χ0) is 37.8. The summed E-state index contributed by atoms with van der Waals surface area (Å²) in [6.07, 6.45) is 7.24. The van der Waals surface area contributed by atoms with Crippen molar-refractivity contribution in [3.05, 3.63) is 72.3 Å². The molecule has 280 valence electrons. The van der Waals surface area contributed by atoms with Crippen LogP contribution in [0.25, 0.3) is 28.0 Å². The number of amides is 4. The summed E-state index contributed by atoms with van der Waals surface area (Å²) in [6.45, 7) is 10.4. The quantitative estimate of drug-likeness (QED) is 0.217. The number of imidazole rings is 1. The average molecular weight is 722 g/mol. The highest BCUT2D eigenvalue weighted by Gasteiger charge is 2.39. The maximum atomic E-state index is 13.5. The van der Waals surface area contributed by atoms with Crippen molar-refractivity contribution in [1.29, 1.82) is 0 Å². The van der Waals surface area contributed by atoms with Crippen LogP contribution in [0.4, 0.5) is 4.79 Å². The SMILES string of the molecule is COC(=O)N[C@H](C(=O)N1CCCC1C1=NC=C(c2ccc(-c3ccc(-c4cnc(C5CCCN5C(=O)[C@@H](NC(C)=O)C(C)C)[nH]4)cc3)cc2)C1)C(C)C. The largest absolute Gasteiger partial charge is 0.453 e. The summed E-state index contributed by atoms with van der Waals surface area (Å²) in [5.41, 5.74) is 7.24. The summed E-state index contributed by atoms with van der Waals surface area (Å²) in [7, 11) is 1.30. The molecule has 4 amide bonds. The number of allylic oxidation sites excluding steroid dienone is 1. The third-order valence-electron chi connectivity index (χ3n) is 10.6. The van der Waals surface area contributed by atoms with Crippen molar-refractivity contribution < 1.29 is 23.9 Å². The van der Waals surface area contributed by atoms with E-state index in [4.69, 9.17) is 9.73 Å². The molecule has 12 heteroatoms. The first-order valence-corrected chi connectivity index (χ1v) is 18.7. The van der Waals surface area contributed by atoms with Gasteiger partial charge in [-0.2, -0.15) is 0 Å². The number of nitrogens with one attached hydrogen (secondary N) is 3. The molecule has 2 unspecified atom stereocenters. The van der Waals surface area contributed by atoms with Crippen LogP contribution >= 0.6 is 0 Å². The summed E-state index contributed by atoms with van der Waals surface area (Å²) >= 11 is 0. The fourth-order valence-electron chi connectivity index (χ4n) is 7.68. The predicted molar refractivity (Wildman–Crippen MR) is 205 cm³/mol. The first kappa shape index (κ1) is 37.5. The minimum atomic E-state index is -0.656. The molecule has 1 aromatic heterocycles. The lowest BCUT2D eigenvalue weighted by Gasteiger charge is -2.31. The molecule has 4 atom stereocenters. The zero-order valence-corrected chi connectivity index (χ0v) is 31.5. The molecule has 0 radical (unpaired) electrons. The van der Waals surface area contributed by atoms with E-state index in [0.29, 0.717) is 19.5 Å². The molecule has 53 heavy (non-hydrogen) atoms. The number of aromatic nitrogens is 2. The molecule has 0 bridgehead atoms. The highest BCUT2D eigenvalue weighted by atomic mass is 16.5. The van der Waals surface area contributed by atoms with E-state index in [0.717, 1.165) is 70.7 Å². The Bertz CT molecular complexity index is 1880. The van der Waals surface area contributed by atoms with Gasteiger partial charge < -0.3 is 30.2 Å². The Balaban J connectivity index is 1.07. The van der Waals surface area contributed by atoms with Gasteiger partial charge in [0, 0.05) is 38.3 Å². The lowest BCUT2D eigenvalue weighted by atomic mass is 9.95. The van der Waals surface area contributed by atoms with Crippen LogP contribution in [0.3, 0.4) is 0 Å². The maximum absolute atomic E-state index is 13.5. The van der Waals surface area contributed by atoms with Crippen molar-refractivity contribution in [2.45, 2.75) is 90.9 Å². The van der Waals surface area contributed by atoms with Gasteiger partial charge in [-0.25, -0.2) is 9.78 Å². The van der Waals surface area contributed by atoms with Crippen LogP contribution in [-0.4, -0.2) is 87.6 Å². The number of aromatic amines is 1. The van der Waals surface area contributed by atoms with Gasteiger partial charge >= 0.3 is 6.09 Å². The number of H-pyrrole nitrogens is 1. The van der Waals surface area contributed by atoms with Crippen molar-refractivity contribution in [3.63, 3.8) is 0 Å². The molecule has 2 saturated heterocycles. The van der Waals surface area contributed by atoms with Crippen molar-refractivity contribution in [1.82, 2.24) is 30.4 Å². The van der Waals surface area contributed by atoms with Crippen LogP contribution in [0, 0.1) is 11.8 Å². The molecule has 2 fully saturated rings. The molecule has 3 N–H and O–H groups in total. The van der Waals surface area contributed by atoms with Gasteiger partial charge in [-0.15, -0.1) is 0 Å². The molecule has 3 aliphatic heterocycles. The van der Waals surface area contributed by atoms with Gasteiger partial charge in [0.2, 0.25) is 17.7 Å². The monoisotopic (exact) mass is 721 g/mol. The number of carbonyl (C=O) groups is 4. The van der Waals surface area contributed by atoms with Crippen molar-refractivity contribution in [2.75, 3.05) is 20.2 Å². The van der Waals surface area contributed by atoms with E-state index < -0.39 is 18.2 Å². The van der Waals surface area contributed by atoms with Crippen LogP contribution in [0.5, 0.6) is 0 Å². The first-order chi connectivity index (χ1) is 25.4. The van der Waals surface area contributed by atoms with Gasteiger partial charge in [0.15, 0.2) is 0 Å². The van der Waals surface area contributed by atoms with E-state index in [1.54, 1.807) is 0 Å². The highest BCUT2D eigenvalue weighted by Crippen LogP contribution is 2.34. The van der Waals surface area contributed by atoms with Crippen LogP contribution < -0.4 is 10.6 Å². The molecule has 6 rings (SSSR count). The predicted octanol–water partition coefficient (Wildman–Crippen LogP) is 6.13. The van der Waals surface area contributed by atoms with E-state index >= 15 is 0 Å². The van der Waals surface area contributed by atoms with Gasteiger partial charge in [0.05, 0.1) is 31.1 Å². The molecule has 3 aliphatic rings. The van der Waals surface area contributed by atoms with Crippen LogP contribution in [0.1, 0.15) is 84.2 Å². The number of carbonyl (C=O) groups excluding carboxylic acids is 4. The Hall–Kier alpha value is -5.26. The summed E-state index contributed by atoms with van der Waals surface area (Å²) in [4.78, 5) is 67.4. The van der Waals surface area contributed by atoms with Crippen molar-refractivity contribution in [2.24, 2.45) is 16.8 Å². The van der Waals surface area contributed by atoms with Crippen LogP contribution in [-0.2, 0) is 19.1 Å². The third kappa shape index (κ3) is 8.21. The number of hydrogen-bond acceptors (Lipinski definition) is 7. The molecule has 0 aliphatic carbocycles. The molecule has 0 saturated carbocycles. The Kier molecular flexibility index (Phi) is 11.4. The molecular weight excluding hydrogens is 670 g/mol. The Morgan fingerprint density at radius 3 is 1.87 bits per heavy atom. The maximum Gasteiger partial charge on any atom is 0.407 e. The van der Waals surface area contributed by atoms with E-state index in [9.17, 15) is 19.2 Å². The molecule has 3 aromatic rings. The fourth-order valence-corrected chi connectivity index (χ4v) is 7.68. The second kappa shape index (κ2) is 16.2. The van der Waals surface area contributed by atoms with Crippen molar-refractivity contribution in [3.8, 4) is 22.4 Å². The second-order valence-corrected chi connectivity index (χ2v) is 14.9. The zero-order valence-electron chi connectivity index (χ0n) is 31.5. The lowest BCUT2D eigenvalue weighted by Crippen LogP contribution is -2.53. The van der Waals surface area contributed by atoms with E-state index in [2.05, 4.69) is 69.1 Å². The molecule has 0 spiro atoms. The highest BCUT2D eigenvalue weighted by molar-refractivity contribution is 6.04. The van der Waals surface area contributed by atoms with Crippen LogP contribution in [0.2, 0.25) is 0 Å². The Morgan fingerprint density at radius 2 is 1.30 bits per heavy atom. The lowest BCUT2D eigenvalue weighted by molar-refractivity contribution is -0.138. The minimum Gasteiger partial charge on any atom is -0.453 e. The minimum absolute atomic E-state index is 0.0225. The van der Waals surface area contributed by atoms with Gasteiger partial charge in [0.1, 0.15) is 17.9 Å². The van der Waals surface area contributed by atoms with Gasteiger partial charge in [-0.3, -0.25) is 19.4 Å². The van der Waals surface area contributed by atoms with Gasteiger partial charge in [-0.1, -0.05) is 76.2 Å². The molecule has 12 nitrogen and oxygen atoms in total. The number of likely N-dealkylation sites (tertiary alicyclic amines) is 2. The smallest absolute Gasteiger partial charge is 0.407 e. The molecule has 4 heterocycles. The summed E-state index contributed by atoms with van der Waals surface area (Å²) < 4.78 is 4.76. The number of nitrogens with zero attached hydrogens (tertiary/aromatic N) is 4. The third-order valence-corrected chi connectivity index (χ3v) is 10.6. The van der Waals surface area contributed by atoms with E-state index in [-0.39, 0.29) is 41.6 Å². The number of methoxy groups -OCH3 is 1. The van der Waals surface area contributed by atoms with Gasteiger partial charge in [-0.05, 0) is 65.3 Å². The number of alkyl carbamates (subject to hydrolysis) is 1. The number of rotatable bonds is 11. The van der Waals surface area contributed by atoms with E-state index in [1.165, 1.54) is 14.0 Å². The molecule has 2 aromatic carbocycles. The summed E-state index contributed by atoms with van der Waals surface area (Å²) in [5, 5.41) is 5.54. The Labute approximate surface area is 311 Å². The average Bonchev–Trinajstić information content (AvgIpc) is 3.98. The number of hydrogen-bond donors (Lipinski definition) is 3. The summed E-state index contributed by atoms with van der Waals surface area (Å²) in [5.74, 6) is 0.277. The summed E-state index contributed by atoms with van der Waals surface area (Å²) in [6, 6.07) is 15.3. The molecular formula is C41H51N7O5. The van der Waals surface area contributed by atoms with Gasteiger partial charge in [0.25, 0.3) is 0 Å². The van der Waals surface area contributed by atoms with Crippen LogP contribution in [0.15, 0.2) is 65.9 Å². The number of aliphatic imine (C=N–C) groups is 1. The number of benzene rings is 2. The normalized spacial score (nSPS) is 19.6. The standard InChI is InChI=1S/C41H51N7O5/c1-24(2)36(44-26(5)49)39(50)48-20-8-10-35(48)38-43-23-33(45-38)30-17-15-28(16-18-30)27-11-13-29(14-12-27)31-21-32(42-22-31)34-9-7-19-47(34)40(51)37(25(3)4)46-41(52)53-6/h11-18,22-25,34-37H,7-10,19-21H2,1-6H3,(H,43,45)(H,44,49)(H,46,52)/t34?,35?,36-,37-/m0/s1.